The zero-order chi connectivity index (χ0) is 23.3. The molecule has 0 fully saturated rings. The Hall–Kier alpha value is -2.39. The summed E-state index contributed by atoms with van der Waals surface area (Å²) in [7, 11) is 0.964. The third-order valence-electron chi connectivity index (χ3n) is 4.64. The molecule has 1 atom stereocenters. The van der Waals surface area contributed by atoms with Gasteiger partial charge in [0.25, 0.3) is 5.91 Å². The molecule has 1 radical (unpaired) electrons. The molecule has 33 heavy (non-hydrogen) atoms. The molecule has 2 aromatic carbocycles. The normalized spacial score (nSPS) is 11.0. The summed E-state index contributed by atoms with van der Waals surface area (Å²) in [6, 6.07) is 15.3. The Morgan fingerprint density at radius 2 is 2.00 bits per heavy atom. The van der Waals surface area contributed by atoms with Gasteiger partial charge >= 0.3 is 38.6 Å². The smallest absolute Gasteiger partial charge is 0.450 e. The molecule has 1 unspecified atom stereocenters. The van der Waals surface area contributed by atoms with Crippen molar-refractivity contribution in [2.45, 2.75) is 26.7 Å². The van der Waals surface area contributed by atoms with Crippen molar-refractivity contribution in [2.24, 2.45) is 5.92 Å². The van der Waals surface area contributed by atoms with Crippen molar-refractivity contribution < 1.29 is 45.7 Å². The van der Waals surface area contributed by atoms with E-state index in [2.05, 4.69) is 30.3 Å². The number of fused-ring (bicyclic) bond motifs is 1. The number of amides is 2. The minimum absolute atomic E-state index is 0. The number of hydrazine groups is 1. The number of hydrogen-bond acceptors (Lipinski definition) is 4. The molecular formula is C25H27BN3O3U. The Morgan fingerprint density at radius 3 is 2.61 bits per heavy atom. The van der Waals surface area contributed by atoms with Crippen LogP contribution in [-0.2, 0) is 9.59 Å². The number of anilines is 1. The van der Waals surface area contributed by atoms with Gasteiger partial charge in [0.1, 0.15) is 0 Å². The Kier molecular flexibility index (Phi) is 13.4. The maximum Gasteiger partial charge on any atom is 2.00 e. The van der Waals surface area contributed by atoms with Crippen LogP contribution in [0.2, 0.25) is 0 Å². The summed E-state index contributed by atoms with van der Waals surface area (Å²) in [6.07, 6.45) is 9.85. The molecule has 8 heteroatoms. The van der Waals surface area contributed by atoms with Crippen molar-refractivity contribution in [3.05, 3.63) is 79.5 Å². The number of hydrogen-bond donors (Lipinski definition) is 2. The van der Waals surface area contributed by atoms with E-state index in [1.807, 2.05) is 24.3 Å². The number of carbonyl (C=O) groups excluding carboxylic acids is 2. The van der Waals surface area contributed by atoms with E-state index >= 15 is 0 Å². The molecule has 0 spiro atoms. The van der Waals surface area contributed by atoms with Gasteiger partial charge in [0.15, 0.2) is 0 Å². The Labute approximate surface area is 220 Å². The Morgan fingerprint density at radius 1 is 1.30 bits per heavy atom. The van der Waals surface area contributed by atoms with Gasteiger partial charge in [0.2, 0.25) is 6.41 Å². The van der Waals surface area contributed by atoms with E-state index in [1.54, 1.807) is 49.7 Å². The molecule has 2 amide bonds. The van der Waals surface area contributed by atoms with Crippen molar-refractivity contribution in [1.29, 1.82) is 0 Å². The SMILES string of the molecule is CC(C=Cc1cc[c-]c2cnccc12)C(=O)N(NC=O)c1ccc([B]O)cc1.[CH2-]CCC.[U+2]. The predicted molar refractivity (Wildman–Crippen MR) is 130 cm³/mol. The van der Waals surface area contributed by atoms with E-state index in [4.69, 9.17) is 5.02 Å². The first-order valence-electron chi connectivity index (χ1n) is 10.4. The molecule has 1 heterocycles. The maximum absolute atomic E-state index is 12.9. The van der Waals surface area contributed by atoms with Crippen LogP contribution in [0.15, 0.2) is 60.9 Å². The van der Waals surface area contributed by atoms with Gasteiger partial charge in [-0.05, 0) is 25.3 Å². The first-order chi connectivity index (χ1) is 15.5. The van der Waals surface area contributed by atoms with Gasteiger partial charge < -0.3 is 16.9 Å². The molecule has 0 saturated carbocycles. The van der Waals surface area contributed by atoms with E-state index < -0.39 is 5.92 Å². The van der Waals surface area contributed by atoms with Crippen molar-refractivity contribution >= 4 is 47.8 Å². The van der Waals surface area contributed by atoms with Crippen LogP contribution in [0.1, 0.15) is 32.3 Å². The number of pyridine rings is 1. The van der Waals surface area contributed by atoms with E-state index in [9.17, 15) is 9.59 Å². The van der Waals surface area contributed by atoms with Crippen molar-refractivity contribution in [3.8, 4) is 0 Å². The van der Waals surface area contributed by atoms with Gasteiger partial charge in [-0.1, -0.05) is 54.5 Å². The molecule has 3 rings (SSSR count). The minimum Gasteiger partial charge on any atom is -0.450 e. The standard InChI is InChI=1S/C21H18BN3O3.C4H9.U/c1-15(5-6-16-3-2-4-17-13-23-12-11-20(16)17)21(27)25(24-14-26)19-9-7-18(22-28)8-10-19;1-3-4-2;/h2-3,5-15,28H,1H3,(H,24,26);1,3-4H2,2H3;/q2*-1;+2. The zero-order valence-electron chi connectivity index (χ0n) is 18.9. The average molecular weight is 666 g/mol. The predicted octanol–water partition coefficient (Wildman–Crippen LogP) is 3.24. The fourth-order valence-corrected chi connectivity index (χ4v) is 2.78. The van der Waals surface area contributed by atoms with Crippen LogP contribution in [0.3, 0.4) is 0 Å². The molecule has 1 aromatic heterocycles. The second-order valence-electron chi connectivity index (χ2n) is 7.00. The summed E-state index contributed by atoms with van der Waals surface area (Å²) in [5.41, 5.74) is 4.47. The van der Waals surface area contributed by atoms with Gasteiger partial charge in [-0.25, -0.2) is 5.01 Å². The van der Waals surface area contributed by atoms with Crippen molar-refractivity contribution in [1.82, 2.24) is 10.4 Å². The number of benzene rings is 2. The zero-order valence-corrected chi connectivity index (χ0v) is 23.0. The molecule has 0 aliphatic heterocycles. The summed E-state index contributed by atoms with van der Waals surface area (Å²) in [5.74, 6) is -0.782. The summed E-state index contributed by atoms with van der Waals surface area (Å²) in [5, 5.41) is 12.1. The molecule has 3 aromatic rings. The van der Waals surface area contributed by atoms with E-state index in [0.29, 0.717) is 17.6 Å². The van der Waals surface area contributed by atoms with Crippen LogP contribution < -0.4 is 15.9 Å². The van der Waals surface area contributed by atoms with Gasteiger partial charge in [0, 0.05) is 6.20 Å². The van der Waals surface area contributed by atoms with Gasteiger partial charge in [-0.2, -0.15) is 6.42 Å². The van der Waals surface area contributed by atoms with Crippen LogP contribution in [0.5, 0.6) is 0 Å². The Bertz CT molecular complexity index is 1040. The largest absolute Gasteiger partial charge is 2.00 e. The number of carbonyl (C=O) groups is 2. The number of unbranched alkanes of at least 4 members (excludes halogenated alkanes) is 1. The van der Waals surface area contributed by atoms with Gasteiger partial charge in [0.05, 0.1) is 11.6 Å². The first-order valence-corrected chi connectivity index (χ1v) is 10.4. The van der Waals surface area contributed by atoms with Gasteiger partial charge in [-0.15, -0.1) is 29.1 Å². The van der Waals surface area contributed by atoms with E-state index in [-0.39, 0.29) is 37.0 Å². The van der Waals surface area contributed by atoms with Crippen LogP contribution in [-0.4, -0.2) is 29.8 Å². The number of nitrogens with zero attached hydrogens (tertiary/aromatic N) is 2. The number of aromatic nitrogens is 1. The minimum atomic E-state index is -0.488. The van der Waals surface area contributed by atoms with Crippen molar-refractivity contribution in [2.75, 3.05) is 5.01 Å². The number of rotatable bonds is 8. The molecule has 0 bridgehead atoms. The molecule has 0 aliphatic carbocycles. The third kappa shape index (κ3) is 8.47. The molecular weight excluding hydrogens is 639 g/mol. The molecule has 0 saturated heterocycles. The fourth-order valence-electron chi connectivity index (χ4n) is 2.78. The Balaban J connectivity index is 0.00000101. The van der Waals surface area contributed by atoms with Gasteiger partial charge in [-0.3, -0.25) is 15.0 Å². The second kappa shape index (κ2) is 15.4. The average Bonchev–Trinajstić information content (AvgIpc) is 2.85. The quantitative estimate of drug-likeness (QED) is 0.168. The molecule has 2 N–H and O–H groups in total. The monoisotopic (exact) mass is 666 g/mol. The van der Waals surface area contributed by atoms with E-state index in [1.165, 1.54) is 11.4 Å². The molecule has 0 aliphatic rings. The third-order valence-corrected chi connectivity index (χ3v) is 4.64. The summed E-state index contributed by atoms with van der Waals surface area (Å²) in [4.78, 5) is 27.9. The topological polar surface area (TPSA) is 82.5 Å². The van der Waals surface area contributed by atoms with Crippen molar-refractivity contribution in [3.63, 3.8) is 0 Å². The molecule has 167 valence electrons. The van der Waals surface area contributed by atoms with Crippen LogP contribution in [0.4, 0.5) is 5.69 Å². The van der Waals surface area contributed by atoms with Crippen LogP contribution in [0, 0.1) is 50.0 Å². The van der Waals surface area contributed by atoms with Crippen LogP contribution in [0.25, 0.3) is 16.8 Å². The number of nitrogens with one attached hydrogen (secondary N) is 1. The maximum atomic E-state index is 12.9. The van der Waals surface area contributed by atoms with Crippen LogP contribution >= 0.6 is 0 Å². The molecule has 6 nitrogen and oxygen atoms in total. The summed E-state index contributed by atoms with van der Waals surface area (Å²) >= 11 is 0. The summed E-state index contributed by atoms with van der Waals surface area (Å²) < 4.78 is 0. The fraction of sp³-hybridized carbons (Fsp3) is 0.200. The first kappa shape index (κ1) is 28.6. The summed E-state index contributed by atoms with van der Waals surface area (Å²) in [6.45, 7) is 7.48. The van der Waals surface area contributed by atoms with E-state index in [0.717, 1.165) is 30.2 Å². The second-order valence-corrected chi connectivity index (χ2v) is 7.00.